The topological polar surface area (TPSA) is 143 Å². The number of benzene rings is 1. The third-order valence-electron chi connectivity index (χ3n) is 4.86. The number of H-pyrrole nitrogens is 1. The van der Waals surface area contributed by atoms with Gasteiger partial charge in [-0.15, -0.1) is 0 Å². The number of carbonyl (C=O) groups is 3. The molecule has 2 aromatic heterocycles. The fourth-order valence-electron chi connectivity index (χ4n) is 3.24. The smallest absolute Gasteiger partial charge is 0.271 e. The first kappa shape index (κ1) is 20.1. The maximum Gasteiger partial charge on any atom is 0.271 e. The van der Waals surface area contributed by atoms with E-state index in [1.807, 2.05) is 30.5 Å². The van der Waals surface area contributed by atoms with Crippen LogP contribution in [0.15, 0.2) is 35.0 Å². The van der Waals surface area contributed by atoms with Crippen LogP contribution >= 0.6 is 0 Å². The molecule has 3 aromatic rings. The molecule has 5 N–H and O–H groups in total. The average Bonchev–Trinajstić information content (AvgIpc) is 3.31. The SMILES string of the molecule is Cc1onc(C(N)=O)c1[C@H](C)C(=O)N[C@@H](C)C(=O)NCc1cccc2[nH]ccc12. The molecule has 0 saturated carbocycles. The number of hydrogen-bond donors (Lipinski definition) is 4. The fraction of sp³-hybridized carbons (Fsp3) is 0.300. The fourth-order valence-corrected chi connectivity index (χ4v) is 3.24. The first-order chi connectivity index (χ1) is 13.8. The van der Waals surface area contributed by atoms with E-state index in [2.05, 4.69) is 20.8 Å². The lowest BCUT2D eigenvalue weighted by Gasteiger charge is -2.17. The number of aromatic amines is 1. The van der Waals surface area contributed by atoms with Crippen molar-refractivity contribution in [1.29, 1.82) is 0 Å². The van der Waals surface area contributed by atoms with Gasteiger partial charge in [0.15, 0.2) is 5.69 Å². The molecule has 9 nitrogen and oxygen atoms in total. The zero-order valence-corrected chi connectivity index (χ0v) is 16.4. The van der Waals surface area contributed by atoms with Gasteiger partial charge in [0.1, 0.15) is 11.8 Å². The summed E-state index contributed by atoms with van der Waals surface area (Å²) in [5.41, 5.74) is 7.48. The van der Waals surface area contributed by atoms with Crippen LogP contribution in [0, 0.1) is 6.92 Å². The molecule has 152 valence electrons. The van der Waals surface area contributed by atoms with Gasteiger partial charge in [0.25, 0.3) is 5.91 Å². The Labute approximate surface area is 167 Å². The highest BCUT2D eigenvalue weighted by Gasteiger charge is 2.28. The van der Waals surface area contributed by atoms with Gasteiger partial charge in [0.2, 0.25) is 11.8 Å². The van der Waals surface area contributed by atoms with Crippen LogP contribution < -0.4 is 16.4 Å². The van der Waals surface area contributed by atoms with Crippen LogP contribution in [0.5, 0.6) is 0 Å². The van der Waals surface area contributed by atoms with E-state index in [9.17, 15) is 14.4 Å². The summed E-state index contributed by atoms with van der Waals surface area (Å²) in [6.07, 6.45) is 1.84. The molecule has 2 atom stereocenters. The zero-order chi connectivity index (χ0) is 21.1. The van der Waals surface area contributed by atoms with E-state index in [1.165, 1.54) is 0 Å². The number of aromatic nitrogens is 2. The summed E-state index contributed by atoms with van der Waals surface area (Å²) in [5.74, 6) is -1.96. The lowest BCUT2D eigenvalue weighted by atomic mass is 9.97. The summed E-state index contributed by atoms with van der Waals surface area (Å²) in [6.45, 7) is 5.11. The molecule has 2 heterocycles. The summed E-state index contributed by atoms with van der Waals surface area (Å²) in [7, 11) is 0. The lowest BCUT2D eigenvalue weighted by Crippen LogP contribution is -2.46. The van der Waals surface area contributed by atoms with Crippen LogP contribution in [0.1, 0.15) is 47.1 Å². The van der Waals surface area contributed by atoms with Crippen LogP contribution in [-0.4, -0.2) is 33.9 Å². The second-order valence-corrected chi connectivity index (χ2v) is 6.89. The van der Waals surface area contributed by atoms with Crippen molar-refractivity contribution in [2.24, 2.45) is 5.73 Å². The Bertz CT molecular complexity index is 1070. The number of nitrogens with one attached hydrogen (secondary N) is 3. The molecular weight excluding hydrogens is 374 g/mol. The normalized spacial score (nSPS) is 13.1. The number of nitrogens with two attached hydrogens (primary N) is 1. The van der Waals surface area contributed by atoms with Crippen LogP contribution in [-0.2, 0) is 16.1 Å². The van der Waals surface area contributed by atoms with Crippen LogP contribution in [0.25, 0.3) is 10.9 Å². The first-order valence-corrected chi connectivity index (χ1v) is 9.18. The molecular formula is C20H23N5O4. The van der Waals surface area contributed by atoms with E-state index in [1.54, 1.807) is 20.8 Å². The number of amides is 3. The lowest BCUT2D eigenvalue weighted by molar-refractivity contribution is -0.129. The van der Waals surface area contributed by atoms with Gasteiger partial charge in [-0.25, -0.2) is 0 Å². The van der Waals surface area contributed by atoms with Crippen molar-refractivity contribution in [3.05, 3.63) is 53.0 Å². The molecule has 0 aliphatic heterocycles. The first-order valence-electron chi connectivity index (χ1n) is 9.18. The third-order valence-corrected chi connectivity index (χ3v) is 4.86. The average molecular weight is 397 g/mol. The molecule has 3 rings (SSSR count). The minimum atomic E-state index is -0.777. The molecule has 29 heavy (non-hydrogen) atoms. The summed E-state index contributed by atoms with van der Waals surface area (Å²) < 4.78 is 4.98. The van der Waals surface area contributed by atoms with E-state index in [4.69, 9.17) is 10.3 Å². The highest BCUT2D eigenvalue weighted by molar-refractivity contribution is 5.96. The summed E-state index contributed by atoms with van der Waals surface area (Å²) in [5, 5.41) is 10.1. The van der Waals surface area contributed by atoms with Gasteiger partial charge in [-0.3, -0.25) is 14.4 Å². The Kier molecular flexibility index (Phi) is 5.67. The number of aryl methyl sites for hydroxylation is 1. The van der Waals surface area contributed by atoms with E-state index >= 15 is 0 Å². The standard InChI is InChI=1S/C20H23N5O4/c1-10(16-12(3)29-25-17(16)18(21)26)19(27)24-11(2)20(28)23-9-13-5-4-6-15-14(13)7-8-22-15/h4-8,10-11,22H,9H2,1-3H3,(H2,21,26)(H,23,28)(H,24,27)/t10-,11-/m0/s1. The largest absolute Gasteiger partial charge is 0.364 e. The van der Waals surface area contributed by atoms with Gasteiger partial charge >= 0.3 is 0 Å². The zero-order valence-electron chi connectivity index (χ0n) is 16.4. The number of fused-ring (bicyclic) bond motifs is 1. The maximum absolute atomic E-state index is 12.6. The molecule has 0 aliphatic rings. The van der Waals surface area contributed by atoms with E-state index < -0.39 is 23.8 Å². The number of nitrogens with zero attached hydrogens (tertiary/aromatic N) is 1. The monoisotopic (exact) mass is 397 g/mol. The van der Waals surface area contributed by atoms with Gasteiger partial charge in [0.05, 0.1) is 5.92 Å². The van der Waals surface area contributed by atoms with Crippen molar-refractivity contribution in [2.45, 2.75) is 39.3 Å². The molecule has 0 fully saturated rings. The molecule has 0 spiro atoms. The van der Waals surface area contributed by atoms with Crippen molar-refractivity contribution < 1.29 is 18.9 Å². The molecule has 0 radical (unpaired) electrons. The molecule has 3 amide bonds. The number of hydrogen-bond acceptors (Lipinski definition) is 5. The quantitative estimate of drug-likeness (QED) is 0.477. The molecule has 9 heteroatoms. The van der Waals surface area contributed by atoms with E-state index in [-0.39, 0.29) is 11.6 Å². The Balaban J connectivity index is 1.62. The molecule has 0 bridgehead atoms. The van der Waals surface area contributed by atoms with Gasteiger partial charge in [-0.1, -0.05) is 17.3 Å². The number of rotatable bonds is 7. The van der Waals surface area contributed by atoms with Crippen molar-refractivity contribution in [2.75, 3.05) is 0 Å². The minimum Gasteiger partial charge on any atom is -0.364 e. The van der Waals surface area contributed by atoms with Crippen molar-refractivity contribution in [3.63, 3.8) is 0 Å². The Morgan fingerprint density at radius 1 is 1.21 bits per heavy atom. The summed E-state index contributed by atoms with van der Waals surface area (Å²) in [6, 6.07) is 6.97. The Morgan fingerprint density at radius 2 is 1.97 bits per heavy atom. The van der Waals surface area contributed by atoms with Crippen molar-refractivity contribution in [3.8, 4) is 0 Å². The van der Waals surface area contributed by atoms with Gasteiger partial charge in [-0.2, -0.15) is 0 Å². The Morgan fingerprint density at radius 3 is 2.69 bits per heavy atom. The molecule has 0 aliphatic carbocycles. The van der Waals surface area contributed by atoms with Gasteiger partial charge in [-0.05, 0) is 38.5 Å². The third kappa shape index (κ3) is 4.13. The van der Waals surface area contributed by atoms with Crippen molar-refractivity contribution in [1.82, 2.24) is 20.8 Å². The minimum absolute atomic E-state index is 0.0816. The van der Waals surface area contributed by atoms with Crippen LogP contribution in [0.4, 0.5) is 0 Å². The summed E-state index contributed by atoms with van der Waals surface area (Å²) in [4.78, 5) is 39.6. The maximum atomic E-state index is 12.6. The van der Waals surface area contributed by atoms with Crippen LogP contribution in [0.3, 0.4) is 0 Å². The number of carbonyl (C=O) groups excluding carboxylic acids is 3. The molecule has 0 saturated heterocycles. The highest BCUT2D eigenvalue weighted by Crippen LogP contribution is 2.23. The predicted molar refractivity (Wildman–Crippen MR) is 106 cm³/mol. The van der Waals surface area contributed by atoms with Gasteiger partial charge < -0.3 is 25.9 Å². The summed E-state index contributed by atoms with van der Waals surface area (Å²) >= 11 is 0. The van der Waals surface area contributed by atoms with E-state index in [0.717, 1.165) is 16.5 Å². The molecule has 0 unspecified atom stereocenters. The second kappa shape index (κ2) is 8.17. The van der Waals surface area contributed by atoms with Crippen LogP contribution in [0.2, 0.25) is 0 Å². The second-order valence-electron chi connectivity index (χ2n) is 6.89. The molecule has 1 aromatic carbocycles. The number of primary amides is 1. The van der Waals surface area contributed by atoms with E-state index in [0.29, 0.717) is 17.9 Å². The van der Waals surface area contributed by atoms with Gasteiger partial charge in [0, 0.05) is 29.2 Å². The van der Waals surface area contributed by atoms with Crippen molar-refractivity contribution >= 4 is 28.6 Å². The Hall–Kier alpha value is -3.62. The predicted octanol–water partition coefficient (Wildman–Crippen LogP) is 1.49. The highest BCUT2D eigenvalue weighted by atomic mass is 16.5.